The zero-order chi connectivity index (χ0) is 17.2. The lowest BCUT2D eigenvalue weighted by molar-refractivity contribution is 0.563. The first-order chi connectivity index (χ1) is 10.2. The van der Waals surface area contributed by atoms with E-state index in [9.17, 15) is 0 Å². The minimum absolute atomic E-state index is 0.750. The fourth-order valence-corrected chi connectivity index (χ4v) is 1.50. The quantitative estimate of drug-likeness (QED) is 0.265. The lowest BCUT2D eigenvalue weighted by Crippen LogP contribution is -1.66. The van der Waals surface area contributed by atoms with Crippen molar-refractivity contribution in [2.75, 3.05) is 0 Å². The summed E-state index contributed by atoms with van der Waals surface area (Å²) in [7, 11) is 0. The average Bonchev–Trinajstić information content (AvgIpc) is 2.51. The first kappa shape index (κ1) is 28.5. The van der Waals surface area contributed by atoms with E-state index in [2.05, 4.69) is 41.5 Å². The Kier molecular flexibility index (Phi) is 58.0. The number of hydrogen-bond donors (Lipinski definition) is 1. The average molecular weight is 302 g/mol. The summed E-state index contributed by atoms with van der Waals surface area (Å²) >= 11 is 0. The first-order valence-corrected chi connectivity index (χ1v) is 9.20. The Hall–Kier alpha value is -0.620. The molecule has 130 valence electrons. The Morgan fingerprint density at radius 2 is 0.619 bits per heavy atom. The Morgan fingerprint density at radius 3 is 0.667 bits per heavy atom. The Morgan fingerprint density at radius 1 is 0.524 bits per heavy atom. The third-order valence-corrected chi connectivity index (χ3v) is 2.87. The SMILES string of the molecule is CCCCCC.CCCCCC.CCCCCC.N=C=O. The van der Waals surface area contributed by atoms with Crippen molar-refractivity contribution in [2.24, 2.45) is 0 Å². The molecular weight excluding hydrogens is 258 g/mol. The topological polar surface area (TPSA) is 40.9 Å². The first-order valence-electron chi connectivity index (χ1n) is 9.20. The van der Waals surface area contributed by atoms with Gasteiger partial charge in [-0.05, 0) is 0 Å². The van der Waals surface area contributed by atoms with Crippen LogP contribution >= 0.6 is 0 Å². The van der Waals surface area contributed by atoms with Crippen LogP contribution < -0.4 is 0 Å². The molecular formula is C19H43NO. The molecule has 0 aromatic heterocycles. The summed E-state index contributed by atoms with van der Waals surface area (Å²) in [6, 6.07) is 0. The lowest BCUT2D eigenvalue weighted by atomic mass is 10.2. The smallest absolute Gasteiger partial charge is 0.222 e. The number of rotatable bonds is 9. The molecule has 0 saturated heterocycles. The maximum absolute atomic E-state index is 8.35. The van der Waals surface area contributed by atoms with Gasteiger partial charge in [0.15, 0.2) is 0 Å². The van der Waals surface area contributed by atoms with Crippen molar-refractivity contribution in [3.8, 4) is 0 Å². The van der Waals surface area contributed by atoms with Gasteiger partial charge in [-0.3, -0.25) is 0 Å². The maximum Gasteiger partial charge on any atom is 0.231 e. The van der Waals surface area contributed by atoms with E-state index < -0.39 is 0 Å². The lowest BCUT2D eigenvalue weighted by Gasteiger charge is -1.86. The van der Waals surface area contributed by atoms with Crippen molar-refractivity contribution in [1.82, 2.24) is 0 Å². The summed E-state index contributed by atoms with van der Waals surface area (Å²) in [5.41, 5.74) is 0. The van der Waals surface area contributed by atoms with Crippen LogP contribution in [0.5, 0.6) is 0 Å². The highest BCUT2D eigenvalue weighted by atomic mass is 16.1. The molecule has 2 nitrogen and oxygen atoms in total. The van der Waals surface area contributed by atoms with Gasteiger partial charge in [-0.15, -0.1) is 0 Å². The number of unbranched alkanes of at least 4 members (excludes halogenated alkanes) is 9. The monoisotopic (exact) mass is 301 g/mol. The van der Waals surface area contributed by atoms with Gasteiger partial charge in [0.25, 0.3) is 0 Å². The molecule has 0 spiro atoms. The largest absolute Gasteiger partial charge is 0.231 e. The normalized spacial score (nSPS) is 8.10. The van der Waals surface area contributed by atoms with E-state index in [0.717, 1.165) is 6.08 Å². The molecule has 0 heterocycles. The van der Waals surface area contributed by atoms with Crippen molar-refractivity contribution in [2.45, 2.75) is 119 Å². The zero-order valence-corrected chi connectivity index (χ0v) is 15.9. The Balaban J connectivity index is -0.0000000944. The predicted octanol–water partition coefficient (Wildman–Crippen LogP) is 7.66. The summed E-state index contributed by atoms with van der Waals surface area (Å²) < 4.78 is 0. The van der Waals surface area contributed by atoms with Gasteiger partial charge in [0.1, 0.15) is 0 Å². The fourth-order valence-electron chi connectivity index (χ4n) is 1.50. The van der Waals surface area contributed by atoms with E-state index in [4.69, 9.17) is 10.2 Å². The van der Waals surface area contributed by atoms with E-state index >= 15 is 0 Å². The molecule has 0 bridgehead atoms. The third kappa shape index (κ3) is 83.4. The van der Waals surface area contributed by atoms with Gasteiger partial charge in [-0.1, -0.05) is 119 Å². The molecule has 2 heteroatoms. The molecule has 0 aliphatic carbocycles. The summed E-state index contributed by atoms with van der Waals surface area (Å²) in [4.78, 5) is 8.35. The summed E-state index contributed by atoms with van der Waals surface area (Å²) in [6.45, 7) is 13.4. The van der Waals surface area contributed by atoms with Crippen LogP contribution in [0.2, 0.25) is 0 Å². The van der Waals surface area contributed by atoms with Gasteiger partial charge >= 0.3 is 0 Å². The second-order valence-electron chi connectivity index (χ2n) is 5.22. The molecule has 0 rings (SSSR count). The Labute approximate surface area is 135 Å². The van der Waals surface area contributed by atoms with Crippen LogP contribution in [0, 0.1) is 5.41 Å². The van der Waals surface area contributed by atoms with Gasteiger partial charge in [-0.2, -0.15) is 0 Å². The molecule has 0 aromatic rings. The number of nitrogens with one attached hydrogen (secondary N) is 1. The summed E-state index contributed by atoms with van der Waals surface area (Å²) in [5.74, 6) is 0. The molecule has 0 amide bonds. The van der Waals surface area contributed by atoms with Gasteiger partial charge < -0.3 is 0 Å². The van der Waals surface area contributed by atoms with Gasteiger partial charge in [-0.25, -0.2) is 10.2 Å². The van der Waals surface area contributed by atoms with Crippen molar-refractivity contribution >= 4 is 6.08 Å². The highest BCUT2D eigenvalue weighted by Crippen LogP contribution is 1.96. The highest BCUT2D eigenvalue weighted by molar-refractivity contribution is 5.26. The fraction of sp³-hybridized carbons (Fsp3) is 0.947. The van der Waals surface area contributed by atoms with Crippen molar-refractivity contribution in [3.63, 3.8) is 0 Å². The van der Waals surface area contributed by atoms with E-state index in [-0.39, 0.29) is 0 Å². The van der Waals surface area contributed by atoms with Crippen LogP contribution in [-0.4, -0.2) is 6.08 Å². The van der Waals surface area contributed by atoms with Crippen LogP contribution in [0.1, 0.15) is 119 Å². The highest BCUT2D eigenvalue weighted by Gasteiger charge is 1.76. The van der Waals surface area contributed by atoms with Crippen molar-refractivity contribution < 1.29 is 4.79 Å². The van der Waals surface area contributed by atoms with E-state index in [1.165, 1.54) is 77.0 Å². The Bertz CT molecular complexity index is 121. The molecule has 0 aromatic carbocycles. The molecule has 1 N–H and O–H groups in total. The molecule has 0 aliphatic rings. The zero-order valence-electron chi connectivity index (χ0n) is 15.9. The minimum atomic E-state index is 0.750. The van der Waals surface area contributed by atoms with Crippen LogP contribution in [0.15, 0.2) is 0 Å². The van der Waals surface area contributed by atoms with Crippen molar-refractivity contribution in [1.29, 1.82) is 5.41 Å². The molecule has 0 aliphatic heterocycles. The molecule has 0 unspecified atom stereocenters. The summed E-state index contributed by atoms with van der Waals surface area (Å²) in [5, 5.41) is 5.40. The number of isocyanates is 1. The van der Waals surface area contributed by atoms with E-state index in [0.29, 0.717) is 0 Å². The van der Waals surface area contributed by atoms with Gasteiger partial charge in [0.2, 0.25) is 6.08 Å². The summed E-state index contributed by atoms with van der Waals surface area (Å²) in [6.07, 6.45) is 17.4. The standard InChI is InChI=1S/3C6H14.CHNO/c3*1-3-5-6-4-2;2-1-3/h3*3-6H2,1-2H3;2H. The molecule has 21 heavy (non-hydrogen) atoms. The predicted molar refractivity (Wildman–Crippen MR) is 97.9 cm³/mol. The molecule has 0 radical (unpaired) electrons. The number of hydrogen-bond acceptors (Lipinski definition) is 2. The van der Waals surface area contributed by atoms with Gasteiger partial charge in [0.05, 0.1) is 0 Å². The van der Waals surface area contributed by atoms with Crippen LogP contribution in [0.25, 0.3) is 0 Å². The van der Waals surface area contributed by atoms with E-state index in [1.54, 1.807) is 0 Å². The minimum Gasteiger partial charge on any atom is -0.222 e. The number of carbonyl (C=O) groups excluding carboxylic acids is 1. The second kappa shape index (κ2) is 42.7. The third-order valence-electron chi connectivity index (χ3n) is 2.87. The van der Waals surface area contributed by atoms with Crippen LogP contribution in [-0.2, 0) is 4.79 Å². The van der Waals surface area contributed by atoms with Crippen LogP contribution in [0.3, 0.4) is 0 Å². The van der Waals surface area contributed by atoms with E-state index in [1.807, 2.05) is 0 Å². The van der Waals surface area contributed by atoms with Gasteiger partial charge in [0, 0.05) is 0 Å². The van der Waals surface area contributed by atoms with Crippen molar-refractivity contribution in [3.05, 3.63) is 0 Å². The maximum atomic E-state index is 8.35. The van der Waals surface area contributed by atoms with Crippen LogP contribution in [0.4, 0.5) is 0 Å². The molecule has 0 fully saturated rings. The second-order valence-corrected chi connectivity index (χ2v) is 5.22. The molecule has 0 atom stereocenters. The molecule has 0 saturated carbocycles.